The van der Waals surface area contributed by atoms with Gasteiger partial charge in [-0.05, 0) is 76.1 Å². The molecule has 10 rings (SSSR count). The highest BCUT2D eigenvalue weighted by molar-refractivity contribution is 7.29. The van der Waals surface area contributed by atoms with Gasteiger partial charge in [0.1, 0.15) is 8.07 Å². The van der Waals surface area contributed by atoms with Crippen LogP contribution in [-0.4, -0.2) is 12.6 Å². The number of nitrogens with zero attached hydrogens (tertiary/aromatic N) is 1. The third-order valence-corrected chi connectivity index (χ3v) is 15.3. The first-order valence-electron chi connectivity index (χ1n) is 14.5. The van der Waals surface area contributed by atoms with Gasteiger partial charge in [-0.15, -0.1) is 22.7 Å². The second-order valence-electron chi connectivity index (χ2n) is 12.1. The number of thiophene rings is 2. The van der Waals surface area contributed by atoms with E-state index in [1.54, 1.807) is 10.4 Å². The third-order valence-electron chi connectivity index (χ3n) is 9.56. The molecular weight excluding hydrogens is 563 g/mol. The molecule has 0 fully saturated rings. The average molecular weight is 588 g/mol. The lowest BCUT2D eigenvalue weighted by atomic mass is 10.00. The molecule has 1 aliphatic rings. The monoisotopic (exact) mass is 587 g/mol. The molecule has 4 heterocycles. The molecule has 0 atom stereocenters. The van der Waals surface area contributed by atoms with Gasteiger partial charge in [-0.3, -0.25) is 0 Å². The van der Waals surface area contributed by atoms with E-state index in [1.807, 2.05) is 22.7 Å². The Morgan fingerprint density at radius 3 is 2.00 bits per heavy atom. The van der Waals surface area contributed by atoms with Gasteiger partial charge in [0.05, 0.1) is 11.0 Å². The van der Waals surface area contributed by atoms with Gasteiger partial charge in [-0.25, -0.2) is 0 Å². The van der Waals surface area contributed by atoms with Crippen molar-refractivity contribution in [2.24, 2.45) is 0 Å². The normalized spacial score (nSPS) is 14.1. The maximum atomic E-state index is 2.57. The number of para-hydroxylation sites is 2. The molecule has 1 aliphatic heterocycles. The smallest absolute Gasteiger partial charge is 0.114 e. The molecule has 6 aromatic carbocycles. The minimum atomic E-state index is -2.01. The molecule has 0 radical (unpaired) electrons. The maximum Gasteiger partial charge on any atom is 0.114 e. The van der Waals surface area contributed by atoms with Crippen LogP contribution in [0.1, 0.15) is 0 Å². The van der Waals surface area contributed by atoms with E-state index in [2.05, 4.69) is 133 Å². The topological polar surface area (TPSA) is 4.93 Å². The van der Waals surface area contributed by atoms with Crippen LogP contribution < -0.4 is 10.4 Å². The predicted molar refractivity (Wildman–Crippen MR) is 189 cm³/mol. The summed E-state index contributed by atoms with van der Waals surface area (Å²) in [6.07, 6.45) is 0. The summed E-state index contributed by atoms with van der Waals surface area (Å²) in [6, 6.07) is 43.4. The zero-order valence-electron chi connectivity index (χ0n) is 23.2. The van der Waals surface area contributed by atoms with Crippen LogP contribution >= 0.6 is 22.7 Å². The lowest BCUT2D eigenvalue weighted by Crippen LogP contribution is -2.53. The third kappa shape index (κ3) is 2.87. The maximum absolute atomic E-state index is 2.57. The van der Waals surface area contributed by atoms with E-state index in [1.165, 1.54) is 79.0 Å². The summed E-state index contributed by atoms with van der Waals surface area (Å²) in [4.78, 5) is 0. The lowest BCUT2D eigenvalue weighted by Gasteiger charge is -2.25. The van der Waals surface area contributed by atoms with Crippen molar-refractivity contribution in [1.82, 2.24) is 4.57 Å². The molecule has 9 aromatic rings. The Labute approximate surface area is 251 Å². The highest BCUT2D eigenvalue weighted by Crippen LogP contribution is 2.47. The molecule has 1 nitrogen and oxygen atoms in total. The van der Waals surface area contributed by atoms with Crippen LogP contribution in [0.4, 0.5) is 0 Å². The first kappa shape index (κ1) is 23.4. The summed E-state index contributed by atoms with van der Waals surface area (Å²) in [5.41, 5.74) is 6.32. The predicted octanol–water partition coefficient (Wildman–Crippen LogP) is 10.3. The van der Waals surface area contributed by atoms with Crippen molar-refractivity contribution in [2.75, 3.05) is 0 Å². The van der Waals surface area contributed by atoms with Gasteiger partial charge < -0.3 is 4.57 Å². The summed E-state index contributed by atoms with van der Waals surface area (Å²) in [7, 11) is -2.01. The fourth-order valence-electron chi connectivity index (χ4n) is 7.63. The highest BCUT2D eigenvalue weighted by Gasteiger charge is 2.35. The number of fused-ring (bicyclic) bond motifs is 3. The van der Waals surface area contributed by atoms with Crippen LogP contribution in [0.25, 0.3) is 79.0 Å². The van der Waals surface area contributed by atoms with Crippen molar-refractivity contribution in [3.8, 4) is 16.8 Å². The van der Waals surface area contributed by atoms with Crippen LogP contribution in [0.2, 0.25) is 13.1 Å². The number of rotatable bonds is 2. The zero-order chi connectivity index (χ0) is 27.7. The van der Waals surface area contributed by atoms with Crippen LogP contribution in [0.5, 0.6) is 0 Å². The van der Waals surface area contributed by atoms with Gasteiger partial charge >= 0.3 is 0 Å². The second kappa shape index (κ2) is 7.99. The van der Waals surface area contributed by atoms with Crippen molar-refractivity contribution in [3.05, 3.63) is 115 Å². The summed E-state index contributed by atoms with van der Waals surface area (Å²) in [5, 5.41) is 11.8. The fourth-order valence-corrected chi connectivity index (χ4v) is 13.2. The van der Waals surface area contributed by atoms with E-state index in [0.29, 0.717) is 0 Å². The van der Waals surface area contributed by atoms with E-state index in [-0.39, 0.29) is 0 Å². The molecule has 0 spiro atoms. The van der Waals surface area contributed by atoms with Crippen molar-refractivity contribution in [3.63, 3.8) is 0 Å². The molecule has 0 amide bonds. The molecule has 4 heteroatoms. The molecule has 0 unspecified atom stereocenters. The molecule has 0 saturated carbocycles. The Bertz CT molecular complexity index is 2600. The van der Waals surface area contributed by atoms with Crippen LogP contribution in [-0.2, 0) is 0 Å². The molecule has 0 aliphatic carbocycles. The van der Waals surface area contributed by atoms with Crippen molar-refractivity contribution >= 4 is 103 Å². The van der Waals surface area contributed by atoms with E-state index < -0.39 is 8.07 Å². The Kier molecular flexibility index (Phi) is 4.44. The standard InChI is InChI=1S/C38H25NS2Si/c1-42(2)33-14-8-13-29-35(33)37-30(40-29)17-18-31-38(37)36-32(41-31)20-23(21-34(36)42)22-15-16-28-26(19-22)25-11-6-7-12-27(25)39(28)24-9-4-3-5-10-24/h3-21H,1-2H3. The van der Waals surface area contributed by atoms with Gasteiger partial charge in [-0.1, -0.05) is 73.8 Å². The van der Waals surface area contributed by atoms with Crippen LogP contribution in [0.3, 0.4) is 0 Å². The van der Waals surface area contributed by atoms with Gasteiger partial charge in [0.15, 0.2) is 0 Å². The minimum Gasteiger partial charge on any atom is -0.309 e. The number of hydrogen-bond donors (Lipinski definition) is 0. The summed E-state index contributed by atoms with van der Waals surface area (Å²) in [6.45, 7) is 5.13. The Hall–Kier alpha value is -4.22. The number of aromatic nitrogens is 1. The lowest BCUT2D eigenvalue weighted by molar-refractivity contribution is 1.18. The van der Waals surface area contributed by atoms with Crippen LogP contribution in [0, 0.1) is 0 Å². The Balaban J connectivity index is 1.29. The molecule has 0 N–H and O–H groups in total. The average Bonchev–Trinajstić information content (AvgIpc) is 3.67. The van der Waals surface area contributed by atoms with E-state index in [0.717, 1.165) is 0 Å². The Morgan fingerprint density at radius 1 is 0.476 bits per heavy atom. The molecule has 0 bridgehead atoms. The summed E-state index contributed by atoms with van der Waals surface area (Å²) >= 11 is 3.93. The van der Waals surface area contributed by atoms with E-state index in [4.69, 9.17) is 0 Å². The second-order valence-corrected chi connectivity index (χ2v) is 18.6. The summed E-state index contributed by atoms with van der Waals surface area (Å²) < 4.78 is 8.09. The largest absolute Gasteiger partial charge is 0.309 e. The zero-order valence-corrected chi connectivity index (χ0v) is 25.9. The highest BCUT2D eigenvalue weighted by atomic mass is 32.1. The molecule has 42 heavy (non-hydrogen) atoms. The fraction of sp³-hybridized carbons (Fsp3) is 0.0526. The van der Waals surface area contributed by atoms with E-state index in [9.17, 15) is 0 Å². The molecule has 3 aromatic heterocycles. The number of benzene rings is 6. The molecular formula is C38H25NS2Si. The molecule has 198 valence electrons. The van der Waals surface area contributed by atoms with E-state index >= 15 is 0 Å². The van der Waals surface area contributed by atoms with Crippen LogP contribution in [0.15, 0.2) is 115 Å². The van der Waals surface area contributed by atoms with Gasteiger partial charge in [0, 0.05) is 56.8 Å². The first-order chi connectivity index (χ1) is 20.6. The van der Waals surface area contributed by atoms with Gasteiger partial charge in [-0.2, -0.15) is 0 Å². The molecule has 0 saturated heterocycles. The van der Waals surface area contributed by atoms with Crippen molar-refractivity contribution in [1.29, 1.82) is 0 Å². The quantitative estimate of drug-likeness (QED) is 0.177. The first-order valence-corrected chi connectivity index (χ1v) is 19.2. The minimum absolute atomic E-state index is 1.20. The Morgan fingerprint density at radius 2 is 1.17 bits per heavy atom. The SMILES string of the molecule is C[Si]1(C)c2cccc3sc4ccc5sc6cc(-c7ccc8c(c7)c7ccccc7n8-c7ccccc7)cc1c6c5c4c23. The van der Waals surface area contributed by atoms with Crippen molar-refractivity contribution in [2.45, 2.75) is 13.1 Å². The van der Waals surface area contributed by atoms with Crippen molar-refractivity contribution < 1.29 is 0 Å². The number of hydrogen-bond acceptors (Lipinski definition) is 2. The summed E-state index contributed by atoms with van der Waals surface area (Å²) in [5.74, 6) is 0. The van der Waals surface area contributed by atoms with Gasteiger partial charge in [0.25, 0.3) is 0 Å². The van der Waals surface area contributed by atoms with Gasteiger partial charge in [0.2, 0.25) is 0 Å².